The number of hydrogen-bond donors (Lipinski definition) is 2. The van der Waals surface area contributed by atoms with Gasteiger partial charge in [0.05, 0.1) is 6.04 Å². The van der Waals surface area contributed by atoms with Crippen LogP contribution in [0.3, 0.4) is 0 Å². The van der Waals surface area contributed by atoms with Crippen molar-refractivity contribution in [3.8, 4) is 0 Å². The topological polar surface area (TPSA) is 38.0 Å². The van der Waals surface area contributed by atoms with Gasteiger partial charge in [0.15, 0.2) is 0 Å². The van der Waals surface area contributed by atoms with Crippen molar-refractivity contribution in [1.82, 2.24) is 0 Å². The maximum atomic E-state index is 6.03. The van der Waals surface area contributed by atoms with Crippen LogP contribution >= 0.6 is 27.5 Å². The second-order valence-corrected chi connectivity index (χ2v) is 5.26. The van der Waals surface area contributed by atoms with Gasteiger partial charge in [-0.3, -0.25) is 0 Å². The number of halogens is 2. The molecule has 0 radical (unpaired) electrons. The molecule has 0 aromatic heterocycles. The highest BCUT2D eigenvalue weighted by molar-refractivity contribution is 9.10. The van der Waals surface area contributed by atoms with Crippen molar-refractivity contribution in [3.05, 3.63) is 63.6 Å². The average molecular weight is 326 g/mol. The summed E-state index contributed by atoms with van der Waals surface area (Å²) in [6.07, 6.45) is 0. The van der Waals surface area contributed by atoms with Gasteiger partial charge in [0.2, 0.25) is 0 Å². The number of nitrogens with two attached hydrogens (primary N) is 1. The van der Waals surface area contributed by atoms with Gasteiger partial charge in [0, 0.05) is 21.7 Å². The van der Waals surface area contributed by atoms with Gasteiger partial charge in [-0.05, 0) is 35.9 Å². The lowest BCUT2D eigenvalue weighted by molar-refractivity contribution is 0.786. The first-order chi connectivity index (χ1) is 8.70. The van der Waals surface area contributed by atoms with Crippen LogP contribution in [0.5, 0.6) is 0 Å². The van der Waals surface area contributed by atoms with Gasteiger partial charge in [-0.25, -0.2) is 0 Å². The Hall–Kier alpha value is -1.03. The van der Waals surface area contributed by atoms with Crippen LogP contribution in [-0.2, 0) is 0 Å². The standard InChI is InChI=1S/C14H14BrClN2/c15-13-7-6-10(16)8-12(13)14(9-17)18-11-4-2-1-3-5-11/h1-8,14,18H,9,17H2. The van der Waals surface area contributed by atoms with Crippen molar-refractivity contribution in [2.45, 2.75) is 6.04 Å². The molecule has 0 saturated carbocycles. The minimum absolute atomic E-state index is 0.0282. The van der Waals surface area contributed by atoms with E-state index in [-0.39, 0.29) is 6.04 Å². The van der Waals surface area contributed by atoms with Crippen LogP contribution in [0.4, 0.5) is 5.69 Å². The fraction of sp³-hybridized carbons (Fsp3) is 0.143. The van der Waals surface area contributed by atoms with Gasteiger partial charge in [-0.2, -0.15) is 0 Å². The molecule has 0 aliphatic rings. The quantitative estimate of drug-likeness (QED) is 0.883. The van der Waals surface area contributed by atoms with Gasteiger partial charge in [-0.1, -0.05) is 45.7 Å². The minimum atomic E-state index is 0.0282. The van der Waals surface area contributed by atoms with E-state index in [2.05, 4.69) is 21.2 Å². The smallest absolute Gasteiger partial charge is 0.0647 e. The summed E-state index contributed by atoms with van der Waals surface area (Å²) >= 11 is 9.56. The number of hydrogen-bond acceptors (Lipinski definition) is 2. The fourth-order valence-electron chi connectivity index (χ4n) is 1.78. The van der Waals surface area contributed by atoms with Crippen molar-refractivity contribution in [2.24, 2.45) is 5.73 Å². The molecule has 0 bridgehead atoms. The molecule has 4 heteroatoms. The number of nitrogens with one attached hydrogen (secondary N) is 1. The molecule has 0 aliphatic heterocycles. The molecule has 18 heavy (non-hydrogen) atoms. The summed E-state index contributed by atoms with van der Waals surface area (Å²) in [6, 6.07) is 15.7. The Kier molecular flexibility index (Phi) is 4.64. The van der Waals surface area contributed by atoms with Gasteiger partial charge < -0.3 is 11.1 Å². The predicted molar refractivity (Wildman–Crippen MR) is 81.0 cm³/mol. The molecule has 3 N–H and O–H groups in total. The van der Waals surface area contributed by atoms with Crippen molar-refractivity contribution in [1.29, 1.82) is 0 Å². The van der Waals surface area contributed by atoms with Crippen LogP contribution in [0.15, 0.2) is 53.0 Å². The summed E-state index contributed by atoms with van der Waals surface area (Å²) in [4.78, 5) is 0. The van der Waals surface area contributed by atoms with E-state index in [0.717, 1.165) is 15.7 Å². The Bertz CT molecular complexity index is 516. The monoisotopic (exact) mass is 324 g/mol. The molecule has 0 heterocycles. The van der Waals surface area contributed by atoms with Gasteiger partial charge in [0.1, 0.15) is 0 Å². The highest BCUT2D eigenvalue weighted by Crippen LogP contribution is 2.28. The lowest BCUT2D eigenvalue weighted by Crippen LogP contribution is -2.21. The Morgan fingerprint density at radius 1 is 1.17 bits per heavy atom. The highest BCUT2D eigenvalue weighted by Gasteiger charge is 2.13. The highest BCUT2D eigenvalue weighted by atomic mass is 79.9. The zero-order valence-electron chi connectivity index (χ0n) is 9.74. The fourth-order valence-corrected chi connectivity index (χ4v) is 2.48. The van der Waals surface area contributed by atoms with Gasteiger partial charge >= 0.3 is 0 Å². The maximum absolute atomic E-state index is 6.03. The third-order valence-corrected chi connectivity index (χ3v) is 3.64. The Morgan fingerprint density at radius 3 is 2.56 bits per heavy atom. The van der Waals surface area contributed by atoms with E-state index in [9.17, 15) is 0 Å². The van der Waals surface area contributed by atoms with Crippen LogP contribution in [0.2, 0.25) is 5.02 Å². The van der Waals surface area contributed by atoms with Crippen LogP contribution in [-0.4, -0.2) is 6.54 Å². The van der Waals surface area contributed by atoms with E-state index in [1.54, 1.807) is 0 Å². The average Bonchev–Trinajstić information content (AvgIpc) is 2.40. The summed E-state index contributed by atoms with van der Waals surface area (Å²) < 4.78 is 1.01. The summed E-state index contributed by atoms with van der Waals surface area (Å²) in [7, 11) is 0. The van der Waals surface area contributed by atoms with Crippen LogP contribution in [0.1, 0.15) is 11.6 Å². The van der Waals surface area contributed by atoms with Gasteiger partial charge in [0.25, 0.3) is 0 Å². The number of anilines is 1. The zero-order chi connectivity index (χ0) is 13.0. The third-order valence-electron chi connectivity index (χ3n) is 2.68. The molecule has 2 aromatic rings. The summed E-state index contributed by atoms with van der Waals surface area (Å²) in [6.45, 7) is 0.494. The van der Waals surface area contributed by atoms with E-state index in [1.165, 1.54) is 0 Å². The Balaban J connectivity index is 2.26. The van der Waals surface area contributed by atoms with Crippen LogP contribution in [0.25, 0.3) is 0 Å². The molecule has 2 aromatic carbocycles. The van der Waals surface area contributed by atoms with Crippen molar-refractivity contribution in [2.75, 3.05) is 11.9 Å². The number of benzene rings is 2. The second-order valence-electron chi connectivity index (χ2n) is 3.96. The SMILES string of the molecule is NCC(Nc1ccccc1)c1cc(Cl)ccc1Br. The predicted octanol–water partition coefficient (Wildman–Crippen LogP) is 4.21. The zero-order valence-corrected chi connectivity index (χ0v) is 12.1. The van der Waals surface area contributed by atoms with E-state index >= 15 is 0 Å². The number of para-hydroxylation sites is 1. The normalized spacial score (nSPS) is 12.2. The van der Waals surface area contributed by atoms with Crippen LogP contribution < -0.4 is 11.1 Å². The Morgan fingerprint density at radius 2 is 1.89 bits per heavy atom. The molecule has 2 nitrogen and oxygen atoms in total. The molecule has 0 aliphatic carbocycles. The first kappa shape index (κ1) is 13.4. The summed E-state index contributed by atoms with van der Waals surface area (Å²) in [5.74, 6) is 0. The molecule has 2 rings (SSSR count). The lowest BCUT2D eigenvalue weighted by Gasteiger charge is -2.20. The number of rotatable bonds is 4. The maximum Gasteiger partial charge on any atom is 0.0647 e. The van der Waals surface area contributed by atoms with E-state index in [1.807, 2.05) is 48.5 Å². The van der Waals surface area contributed by atoms with Crippen molar-refractivity contribution < 1.29 is 0 Å². The molecule has 94 valence electrons. The summed E-state index contributed by atoms with van der Waals surface area (Å²) in [5, 5.41) is 4.11. The van der Waals surface area contributed by atoms with Crippen LogP contribution in [0, 0.1) is 0 Å². The molecule has 1 unspecified atom stereocenters. The van der Waals surface area contributed by atoms with E-state index in [4.69, 9.17) is 17.3 Å². The third kappa shape index (κ3) is 3.25. The van der Waals surface area contributed by atoms with Crippen molar-refractivity contribution >= 4 is 33.2 Å². The molecular formula is C14H14BrClN2. The summed E-state index contributed by atoms with van der Waals surface area (Å²) in [5.41, 5.74) is 7.95. The molecule has 0 amide bonds. The van der Waals surface area contributed by atoms with E-state index in [0.29, 0.717) is 11.6 Å². The minimum Gasteiger partial charge on any atom is -0.377 e. The first-order valence-electron chi connectivity index (χ1n) is 5.67. The first-order valence-corrected chi connectivity index (χ1v) is 6.84. The van der Waals surface area contributed by atoms with E-state index < -0.39 is 0 Å². The molecule has 0 spiro atoms. The van der Waals surface area contributed by atoms with Gasteiger partial charge in [-0.15, -0.1) is 0 Å². The molecule has 1 atom stereocenters. The van der Waals surface area contributed by atoms with Crippen molar-refractivity contribution in [3.63, 3.8) is 0 Å². The lowest BCUT2D eigenvalue weighted by atomic mass is 10.1. The molecule has 0 saturated heterocycles. The molecule has 0 fully saturated rings. The Labute approximate surface area is 120 Å². The second kappa shape index (κ2) is 6.23. The largest absolute Gasteiger partial charge is 0.377 e. The molecular weight excluding hydrogens is 312 g/mol.